The highest BCUT2D eigenvalue weighted by Crippen LogP contribution is 2.29. The van der Waals surface area contributed by atoms with E-state index < -0.39 is 0 Å². The molecule has 2 unspecified atom stereocenters. The first-order valence-electron chi connectivity index (χ1n) is 15.2. The van der Waals surface area contributed by atoms with Gasteiger partial charge in [0.2, 0.25) is 0 Å². The van der Waals surface area contributed by atoms with Gasteiger partial charge in [0.05, 0.1) is 24.3 Å². The molecule has 4 nitrogen and oxygen atoms in total. The first kappa shape index (κ1) is 35.1. The largest absolute Gasteiger partial charge is 0.462 e. The fourth-order valence-corrected chi connectivity index (χ4v) is 5.74. The van der Waals surface area contributed by atoms with E-state index in [1.54, 1.807) is 12.1 Å². The second-order valence-corrected chi connectivity index (χ2v) is 12.4. The highest BCUT2D eigenvalue weighted by molar-refractivity contribution is 9.11. The molecule has 0 aromatic heterocycles. The highest BCUT2D eigenvalue weighted by Gasteiger charge is 2.21. The number of hydrogen-bond donors (Lipinski definition) is 0. The second kappa shape index (κ2) is 21.9. The Morgan fingerprint density at radius 1 is 0.579 bits per heavy atom. The minimum absolute atomic E-state index is 0.362. The zero-order chi connectivity index (χ0) is 28.2. The van der Waals surface area contributed by atoms with Gasteiger partial charge in [0, 0.05) is 8.95 Å². The molecule has 0 heterocycles. The molecule has 0 saturated heterocycles. The summed E-state index contributed by atoms with van der Waals surface area (Å²) in [5.41, 5.74) is 0.843. The Morgan fingerprint density at radius 2 is 0.921 bits per heavy atom. The van der Waals surface area contributed by atoms with E-state index in [1.165, 1.54) is 51.4 Å². The number of ether oxygens (including phenoxy) is 2. The van der Waals surface area contributed by atoms with Crippen molar-refractivity contribution in [1.29, 1.82) is 0 Å². The maximum Gasteiger partial charge on any atom is 0.339 e. The van der Waals surface area contributed by atoms with Crippen LogP contribution in [-0.4, -0.2) is 25.2 Å². The van der Waals surface area contributed by atoms with E-state index in [0.717, 1.165) is 51.4 Å². The summed E-state index contributed by atoms with van der Waals surface area (Å²) >= 11 is 6.98. The van der Waals surface area contributed by atoms with Crippen molar-refractivity contribution in [2.75, 3.05) is 13.2 Å². The van der Waals surface area contributed by atoms with Crippen LogP contribution < -0.4 is 0 Å². The zero-order valence-electron chi connectivity index (χ0n) is 24.4. The first-order chi connectivity index (χ1) is 18.4. The number of unbranched alkanes of at least 4 members (excludes halogenated alkanes) is 8. The van der Waals surface area contributed by atoms with Gasteiger partial charge in [-0.15, -0.1) is 0 Å². The Morgan fingerprint density at radius 3 is 1.26 bits per heavy atom. The third kappa shape index (κ3) is 14.5. The van der Waals surface area contributed by atoms with Gasteiger partial charge < -0.3 is 9.47 Å². The van der Waals surface area contributed by atoms with Gasteiger partial charge in [0.25, 0.3) is 0 Å². The molecule has 1 aromatic rings. The number of hydrogen-bond acceptors (Lipinski definition) is 4. The van der Waals surface area contributed by atoms with Crippen molar-refractivity contribution in [2.45, 2.75) is 130 Å². The molecular formula is C32H52Br2O4. The quantitative estimate of drug-likeness (QED) is 0.0918. The fraction of sp³-hybridized carbons (Fsp3) is 0.750. The summed E-state index contributed by atoms with van der Waals surface area (Å²) in [6, 6.07) is 3.34. The van der Waals surface area contributed by atoms with Gasteiger partial charge in [-0.05, 0) is 81.5 Å². The van der Waals surface area contributed by atoms with Gasteiger partial charge in [0.15, 0.2) is 0 Å². The molecule has 0 bridgehead atoms. The molecule has 1 aromatic carbocycles. The van der Waals surface area contributed by atoms with Crippen molar-refractivity contribution >= 4 is 43.8 Å². The molecule has 0 aliphatic rings. The van der Waals surface area contributed by atoms with Crippen LogP contribution in [0.15, 0.2) is 21.1 Å². The molecule has 1 rings (SSSR count). The smallest absolute Gasteiger partial charge is 0.339 e. The van der Waals surface area contributed by atoms with Crippen LogP contribution in [0, 0.1) is 11.8 Å². The molecule has 0 N–H and O–H groups in total. The average molecular weight is 661 g/mol. The van der Waals surface area contributed by atoms with Crippen molar-refractivity contribution in [3.63, 3.8) is 0 Å². The van der Waals surface area contributed by atoms with E-state index >= 15 is 0 Å². The summed E-state index contributed by atoms with van der Waals surface area (Å²) < 4.78 is 12.6. The summed E-state index contributed by atoms with van der Waals surface area (Å²) in [5.74, 6) is 0.0724. The predicted molar refractivity (Wildman–Crippen MR) is 166 cm³/mol. The van der Waals surface area contributed by atoms with Crippen LogP contribution in [0.1, 0.15) is 151 Å². The number of halogens is 2. The summed E-state index contributed by atoms with van der Waals surface area (Å²) in [4.78, 5) is 25.9. The molecule has 0 aliphatic heterocycles. The Bertz CT molecular complexity index is 730. The van der Waals surface area contributed by atoms with Crippen molar-refractivity contribution in [1.82, 2.24) is 0 Å². The van der Waals surface area contributed by atoms with E-state index in [2.05, 4.69) is 59.6 Å². The summed E-state index contributed by atoms with van der Waals surface area (Å²) in [5, 5.41) is 0. The monoisotopic (exact) mass is 658 g/mol. The summed E-state index contributed by atoms with van der Waals surface area (Å²) in [6.45, 7) is 9.71. The minimum atomic E-state index is -0.362. The van der Waals surface area contributed by atoms with Crippen LogP contribution in [0.25, 0.3) is 0 Å². The Hall–Kier alpha value is -0.880. The van der Waals surface area contributed by atoms with Crippen LogP contribution in [0.5, 0.6) is 0 Å². The molecule has 0 spiro atoms. The molecular weight excluding hydrogens is 608 g/mol. The van der Waals surface area contributed by atoms with Crippen LogP contribution in [0.2, 0.25) is 0 Å². The Balaban J connectivity index is 2.74. The van der Waals surface area contributed by atoms with E-state index in [-0.39, 0.29) is 11.9 Å². The Kier molecular flexibility index (Phi) is 20.2. The molecule has 6 heteroatoms. The van der Waals surface area contributed by atoms with E-state index in [1.807, 2.05) is 0 Å². The van der Waals surface area contributed by atoms with Gasteiger partial charge in [-0.3, -0.25) is 0 Å². The van der Waals surface area contributed by atoms with Crippen molar-refractivity contribution < 1.29 is 19.1 Å². The molecule has 38 heavy (non-hydrogen) atoms. The normalized spacial score (nSPS) is 12.8. The molecule has 0 fully saturated rings. The van der Waals surface area contributed by atoms with Crippen molar-refractivity contribution in [2.24, 2.45) is 11.8 Å². The lowest BCUT2D eigenvalue weighted by Crippen LogP contribution is -2.17. The van der Waals surface area contributed by atoms with Crippen molar-refractivity contribution in [3.05, 3.63) is 32.2 Å². The Labute approximate surface area is 249 Å². The van der Waals surface area contributed by atoms with Gasteiger partial charge >= 0.3 is 11.9 Å². The average Bonchev–Trinajstić information content (AvgIpc) is 2.91. The van der Waals surface area contributed by atoms with Crippen molar-refractivity contribution in [3.8, 4) is 0 Å². The van der Waals surface area contributed by atoms with Gasteiger partial charge in [-0.1, -0.05) is 105 Å². The van der Waals surface area contributed by atoms with E-state index in [4.69, 9.17) is 9.47 Å². The molecule has 2 atom stereocenters. The van der Waals surface area contributed by atoms with E-state index in [9.17, 15) is 9.59 Å². The number of carbonyl (C=O) groups excluding carboxylic acids is 2. The lowest BCUT2D eigenvalue weighted by molar-refractivity contribution is 0.0407. The topological polar surface area (TPSA) is 52.6 Å². The molecule has 218 valence electrons. The molecule has 0 amide bonds. The number of benzene rings is 1. The second-order valence-electron chi connectivity index (χ2n) is 10.7. The zero-order valence-corrected chi connectivity index (χ0v) is 27.6. The third-order valence-corrected chi connectivity index (χ3v) is 8.57. The predicted octanol–water partition coefficient (Wildman–Crippen LogP) is 11.1. The SMILES string of the molecule is CCCCCCC(CCCC)COC(=O)c1cc(Br)c(C(=O)OCC(CCCC)CCCCCC)cc1Br. The van der Waals surface area contributed by atoms with Crippen LogP contribution in [-0.2, 0) is 9.47 Å². The van der Waals surface area contributed by atoms with Crippen LogP contribution >= 0.6 is 31.9 Å². The first-order valence-corrected chi connectivity index (χ1v) is 16.8. The number of carbonyl (C=O) groups is 2. The van der Waals surface area contributed by atoms with Crippen LogP contribution in [0.4, 0.5) is 0 Å². The van der Waals surface area contributed by atoms with Gasteiger partial charge in [-0.2, -0.15) is 0 Å². The standard InChI is InChI=1S/C32H52Br2O4/c1-5-9-13-15-19-25(17-11-7-3)23-37-31(35)27-21-30(34)28(22-29(27)33)32(36)38-24-26(18-12-8-4)20-16-14-10-6-2/h21-22,25-26H,5-20,23-24H2,1-4H3. The summed E-state index contributed by atoms with van der Waals surface area (Å²) in [6.07, 6.45) is 18.8. The lowest BCUT2D eigenvalue weighted by atomic mass is 9.96. The number of esters is 2. The lowest BCUT2D eigenvalue weighted by Gasteiger charge is -2.18. The fourth-order valence-electron chi connectivity index (χ4n) is 4.73. The van der Waals surface area contributed by atoms with Crippen LogP contribution in [0.3, 0.4) is 0 Å². The summed E-state index contributed by atoms with van der Waals surface area (Å²) in [7, 11) is 0. The number of rotatable bonds is 22. The maximum atomic E-state index is 12.9. The minimum Gasteiger partial charge on any atom is -0.462 e. The van der Waals surface area contributed by atoms with Gasteiger partial charge in [-0.25, -0.2) is 9.59 Å². The molecule has 0 radical (unpaired) electrons. The third-order valence-electron chi connectivity index (χ3n) is 7.26. The maximum absolute atomic E-state index is 12.9. The highest BCUT2D eigenvalue weighted by atomic mass is 79.9. The molecule has 0 saturated carbocycles. The van der Waals surface area contributed by atoms with E-state index in [0.29, 0.717) is 45.1 Å². The molecule has 0 aliphatic carbocycles. The van der Waals surface area contributed by atoms with Gasteiger partial charge in [0.1, 0.15) is 0 Å².